The molecule has 2 N–H and O–H groups in total. The van der Waals surface area contributed by atoms with Crippen molar-refractivity contribution in [1.29, 1.82) is 0 Å². The summed E-state index contributed by atoms with van der Waals surface area (Å²) < 4.78 is 5.35. The van der Waals surface area contributed by atoms with E-state index in [1.54, 1.807) is 0 Å². The van der Waals surface area contributed by atoms with Crippen molar-refractivity contribution in [2.45, 2.75) is 33.2 Å². The van der Waals surface area contributed by atoms with E-state index in [0.29, 0.717) is 13.0 Å². The fourth-order valence-electron chi connectivity index (χ4n) is 1.66. The number of hydrogen-bond acceptors (Lipinski definition) is 3. The molecule has 0 spiro atoms. The van der Waals surface area contributed by atoms with Gasteiger partial charge < -0.3 is 15.2 Å². The van der Waals surface area contributed by atoms with E-state index in [1.165, 1.54) is 0 Å². The average Bonchev–Trinajstić information content (AvgIpc) is 2.40. The van der Waals surface area contributed by atoms with E-state index in [2.05, 4.69) is 5.32 Å². The van der Waals surface area contributed by atoms with Crippen molar-refractivity contribution in [1.82, 2.24) is 5.32 Å². The van der Waals surface area contributed by atoms with Gasteiger partial charge in [0.1, 0.15) is 5.75 Å². The smallest absolute Gasteiger partial charge is 0.224 e. The maximum Gasteiger partial charge on any atom is 0.224 e. The van der Waals surface area contributed by atoms with Gasteiger partial charge in [0.25, 0.3) is 0 Å². The maximum absolute atomic E-state index is 11.8. The van der Waals surface area contributed by atoms with Crippen LogP contribution in [0.4, 0.5) is 0 Å². The van der Waals surface area contributed by atoms with E-state index < -0.39 is 0 Å². The Kier molecular flexibility index (Phi) is 6.36. The predicted molar refractivity (Wildman–Crippen MR) is 75.2 cm³/mol. The van der Waals surface area contributed by atoms with Gasteiger partial charge in [-0.3, -0.25) is 4.79 Å². The summed E-state index contributed by atoms with van der Waals surface area (Å²) in [5.41, 5.74) is 0.949. The van der Waals surface area contributed by atoms with Crippen LogP contribution in [-0.4, -0.2) is 30.3 Å². The molecule has 1 amide bonds. The Bertz CT molecular complexity index is 389. The number of amides is 1. The molecule has 0 heterocycles. The first-order valence-corrected chi connectivity index (χ1v) is 6.68. The Morgan fingerprint density at radius 3 is 2.47 bits per heavy atom. The number of carbonyl (C=O) groups excluding carboxylic acids is 1. The molecule has 106 valence electrons. The average molecular weight is 265 g/mol. The molecule has 0 radical (unpaired) electrons. The number of aliphatic hydroxyl groups is 1. The molecule has 0 saturated carbocycles. The molecular weight excluding hydrogens is 242 g/mol. The lowest BCUT2D eigenvalue weighted by Gasteiger charge is -2.19. The molecule has 19 heavy (non-hydrogen) atoms. The monoisotopic (exact) mass is 265 g/mol. The topological polar surface area (TPSA) is 58.6 Å². The first kappa shape index (κ1) is 15.5. The summed E-state index contributed by atoms with van der Waals surface area (Å²) in [5.74, 6) is 0.843. The molecule has 1 aromatic carbocycles. The summed E-state index contributed by atoms with van der Waals surface area (Å²) in [5, 5.41) is 11.9. The Morgan fingerprint density at radius 2 is 1.95 bits per heavy atom. The Morgan fingerprint density at radius 1 is 1.32 bits per heavy atom. The summed E-state index contributed by atoms with van der Waals surface area (Å²) in [6.07, 6.45) is 0.342. The van der Waals surface area contributed by atoms with Crippen molar-refractivity contribution in [3.63, 3.8) is 0 Å². The van der Waals surface area contributed by atoms with Crippen molar-refractivity contribution in [3.8, 4) is 5.75 Å². The maximum atomic E-state index is 11.8. The molecule has 0 aliphatic rings. The zero-order valence-electron chi connectivity index (χ0n) is 11.8. The molecule has 0 bridgehead atoms. The second-order valence-electron chi connectivity index (χ2n) is 4.77. The van der Waals surface area contributed by atoms with Gasteiger partial charge in [0, 0.05) is 12.6 Å². The van der Waals surface area contributed by atoms with Crippen LogP contribution in [0.1, 0.15) is 26.3 Å². The Labute approximate surface area is 114 Å². The van der Waals surface area contributed by atoms with E-state index >= 15 is 0 Å². The van der Waals surface area contributed by atoms with Crippen LogP contribution in [0.25, 0.3) is 0 Å². The lowest BCUT2D eigenvalue weighted by atomic mass is 10.0. The Balaban J connectivity index is 2.48. The van der Waals surface area contributed by atoms with Crippen LogP contribution < -0.4 is 10.1 Å². The van der Waals surface area contributed by atoms with Crippen molar-refractivity contribution >= 4 is 5.91 Å². The molecule has 2 atom stereocenters. The number of benzene rings is 1. The van der Waals surface area contributed by atoms with Crippen molar-refractivity contribution in [2.24, 2.45) is 5.92 Å². The number of nitrogens with one attached hydrogen (secondary N) is 1. The minimum atomic E-state index is -0.0306. The summed E-state index contributed by atoms with van der Waals surface area (Å²) >= 11 is 0. The van der Waals surface area contributed by atoms with Gasteiger partial charge in [0.05, 0.1) is 13.0 Å². The molecule has 0 aliphatic heterocycles. The number of rotatable bonds is 7. The molecule has 0 aromatic heterocycles. The van der Waals surface area contributed by atoms with Crippen molar-refractivity contribution in [3.05, 3.63) is 29.8 Å². The van der Waals surface area contributed by atoms with Crippen LogP contribution in [-0.2, 0) is 11.2 Å². The van der Waals surface area contributed by atoms with E-state index in [0.717, 1.165) is 11.3 Å². The predicted octanol–water partition coefficient (Wildman–Crippen LogP) is 1.76. The van der Waals surface area contributed by atoms with Gasteiger partial charge in [-0.05, 0) is 37.5 Å². The third-order valence-electron chi connectivity index (χ3n) is 3.13. The van der Waals surface area contributed by atoms with E-state index in [9.17, 15) is 4.79 Å². The lowest BCUT2D eigenvalue weighted by molar-refractivity contribution is -0.121. The molecule has 1 aromatic rings. The summed E-state index contributed by atoms with van der Waals surface area (Å²) in [4.78, 5) is 11.8. The van der Waals surface area contributed by atoms with Crippen molar-refractivity contribution in [2.75, 3.05) is 13.2 Å². The Hall–Kier alpha value is -1.55. The molecule has 1 rings (SSSR count). The number of carbonyl (C=O) groups is 1. The summed E-state index contributed by atoms with van der Waals surface area (Å²) in [7, 11) is 0. The number of aliphatic hydroxyl groups excluding tert-OH is 1. The second-order valence-corrected chi connectivity index (χ2v) is 4.77. The van der Waals surface area contributed by atoms with E-state index in [-0.39, 0.29) is 24.5 Å². The lowest BCUT2D eigenvalue weighted by Crippen LogP contribution is -2.39. The van der Waals surface area contributed by atoms with E-state index in [1.807, 2.05) is 45.0 Å². The van der Waals surface area contributed by atoms with Crippen LogP contribution in [0.3, 0.4) is 0 Å². The highest BCUT2D eigenvalue weighted by Crippen LogP contribution is 2.12. The zero-order valence-corrected chi connectivity index (χ0v) is 11.8. The molecule has 0 saturated heterocycles. The highest BCUT2D eigenvalue weighted by Gasteiger charge is 2.13. The van der Waals surface area contributed by atoms with Gasteiger partial charge in [0.2, 0.25) is 5.91 Å². The van der Waals surface area contributed by atoms with E-state index in [4.69, 9.17) is 9.84 Å². The largest absolute Gasteiger partial charge is 0.494 e. The van der Waals surface area contributed by atoms with Gasteiger partial charge in [-0.15, -0.1) is 0 Å². The van der Waals surface area contributed by atoms with Crippen LogP contribution in [0.2, 0.25) is 0 Å². The minimum absolute atomic E-state index is 0.0276. The molecule has 0 fully saturated rings. The molecular formula is C15H23NO3. The summed E-state index contributed by atoms with van der Waals surface area (Å²) in [6.45, 7) is 6.45. The molecule has 2 unspecified atom stereocenters. The fourth-order valence-corrected chi connectivity index (χ4v) is 1.66. The highest BCUT2D eigenvalue weighted by atomic mass is 16.5. The van der Waals surface area contributed by atoms with Gasteiger partial charge in [-0.1, -0.05) is 19.1 Å². The minimum Gasteiger partial charge on any atom is -0.494 e. The standard InChI is InChI=1S/C15H23NO3/c1-4-19-14-7-5-13(6-8-14)9-15(18)16-12(3)11(2)10-17/h5-8,11-12,17H,4,9-10H2,1-3H3,(H,16,18). The fraction of sp³-hybridized carbons (Fsp3) is 0.533. The van der Waals surface area contributed by atoms with Crippen LogP contribution in [0.5, 0.6) is 5.75 Å². The SMILES string of the molecule is CCOc1ccc(CC(=O)NC(C)C(C)CO)cc1. The number of ether oxygens (including phenoxy) is 1. The third kappa shape index (κ3) is 5.30. The van der Waals surface area contributed by atoms with Gasteiger partial charge >= 0.3 is 0 Å². The van der Waals surface area contributed by atoms with Crippen molar-refractivity contribution < 1.29 is 14.6 Å². The van der Waals surface area contributed by atoms with Crippen LogP contribution in [0.15, 0.2) is 24.3 Å². The molecule has 0 aliphatic carbocycles. The van der Waals surface area contributed by atoms with Gasteiger partial charge in [-0.2, -0.15) is 0 Å². The quantitative estimate of drug-likeness (QED) is 0.790. The summed E-state index contributed by atoms with van der Waals surface area (Å²) in [6, 6.07) is 7.49. The number of hydrogen-bond donors (Lipinski definition) is 2. The second kappa shape index (κ2) is 7.79. The molecule has 4 nitrogen and oxygen atoms in total. The molecule has 4 heteroatoms. The normalized spacial score (nSPS) is 13.7. The van der Waals surface area contributed by atoms with Crippen LogP contribution >= 0.6 is 0 Å². The highest BCUT2D eigenvalue weighted by molar-refractivity contribution is 5.78. The van der Waals surface area contributed by atoms with Gasteiger partial charge in [-0.25, -0.2) is 0 Å². The zero-order chi connectivity index (χ0) is 14.3. The van der Waals surface area contributed by atoms with Gasteiger partial charge in [0.15, 0.2) is 0 Å². The third-order valence-corrected chi connectivity index (χ3v) is 3.13. The first-order chi connectivity index (χ1) is 9.06. The van der Waals surface area contributed by atoms with Crippen LogP contribution in [0, 0.1) is 5.92 Å². The first-order valence-electron chi connectivity index (χ1n) is 6.68.